The van der Waals surface area contributed by atoms with Crippen molar-refractivity contribution in [2.24, 2.45) is 5.16 Å². The maximum Gasteiger partial charge on any atom is 0.364 e. The predicted molar refractivity (Wildman–Crippen MR) is 69.7 cm³/mol. The average Bonchev–Trinajstić information content (AvgIpc) is 2.82. The molecule has 0 spiro atoms. The van der Waals surface area contributed by atoms with Crippen LogP contribution in [0.15, 0.2) is 5.16 Å². The van der Waals surface area contributed by atoms with Crippen LogP contribution in [0, 0.1) is 0 Å². The minimum absolute atomic E-state index is 0.0208. The Bertz CT molecular complexity index is 315. The quantitative estimate of drug-likeness (QED) is 0.243. The van der Waals surface area contributed by atoms with E-state index in [1.54, 1.807) is 18.7 Å². The Morgan fingerprint density at radius 3 is 2.82 bits per heavy atom. The van der Waals surface area contributed by atoms with Crippen LogP contribution < -0.4 is 0 Å². The molecule has 0 aromatic carbocycles. The fourth-order valence-electron chi connectivity index (χ4n) is 1.19. The molecule has 0 saturated carbocycles. The molecule has 0 radical (unpaired) electrons. The van der Waals surface area contributed by atoms with E-state index in [0.717, 1.165) is 17.9 Å². The number of carbonyl (C=O) groups excluding carboxylic acids is 2. The number of ether oxygens (including phenoxy) is 1. The number of esters is 1. The summed E-state index contributed by atoms with van der Waals surface area (Å²) in [4.78, 5) is 28.1. The second-order valence-electron chi connectivity index (χ2n) is 3.31. The lowest BCUT2D eigenvalue weighted by Crippen LogP contribution is -2.28. The zero-order valence-corrected chi connectivity index (χ0v) is 11.9. The predicted octanol–water partition coefficient (Wildman–Crippen LogP) is 1.39. The number of hydrogen-bond donors (Lipinski definition) is 0. The number of Topliss-reactive ketones (excluding diaryl/α,β-unsaturated/α-hetero) is 1. The van der Waals surface area contributed by atoms with Gasteiger partial charge in [-0.3, -0.25) is 4.79 Å². The van der Waals surface area contributed by atoms with Crippen LogP contribution in [-0.2, 0) is 19.2 Å². The van der Waals surface area contributed by atoms with Gasteiger partial charge < -0.3 is 9.57 Å². The second kappa shape index (κ2) is 7.71. The third-order valence-electron chi connectivity index (χ3n) is 2.04. The molecule has 1 atom stereocenters. The highest BCUT2D eigenvalue weighted by Crippen LogP contribution is 2.20. The molecule has 1 heterocycles. The SMILES string of the molecule is CCOC(=O)/C(=N\OC1CCSC1)C(=O)CBr. The molecule has 0 bridgehead atoms. The number of oxime groups is 1. The lowest BCUT2D eigenvalue weighted by Gasteiger charge is -2.07. The van der Waals surface area contributed by atoms with Crippen molar-refractivity contribution >= 4 is 45.2 Å². The molecule has 1 unspecified atom stereocenters. The first-order chi connectivity index (χ1) is 8.19. The topological polar surface area (TPSA) is 65.0 Å². The molecule has 1 aliphatic rings. The van der Waals surface area contributed by atoms with Gasteiger partial charge in [-0.15, -0.1) is 0 Å². The maximum atomic E-state index is 11.5. The van der Waals surface area contributed by atoms with E-state index in [2.05, 4.69) is 21.1 Å². The van der Waals surface area contributed by atoms with Crippen LogP contribution in [0.1, 0.15) is 13.3 Å². The minimum atomic E-state index is -0.734. The van der Waals surface area contributed by atoms with Gasteiger partial charge in [-0.2, -0.15) is 11.8 Å². The van der Waals surface area contributed by atoms with Gasteiger partial charge in [0.1, 0.15) is 6.10 Å². The van der Waals surface area contributed by atoms with E-state index in [-0.39, 0.29) is 23.8 Å². The Morgan fingerprint density at radius 1 is 1.53 bits per heavy atom. The van der Waals surface area contributed by atoms with Crippen molar-refractivity contribution in [3.05, 3.63) is 0 Å². The number of rotatable bonds is 6. The van der Waals surface area contributed by atoms with Crippen molar-refractivity contribution in [1.29, 1.82) is 0 Å². The summed E-state index contributed by atoms with van der Waals surface area (Å²) in [5.74, 6) is 0.681. The highest BCUT2D eigenvalue weighted by molar-refractivity contribution is 9.09. The summed E-state index contributed by atoms with van der Waals surface area (Å²) >= 11 is 4.75. The molecule has 5 nitrogen and oxygen atoms in total. The van der Waals surface area contributed by atoms with Gasteiger partial charge in [0, 0.05) is 5.75 Å². The Balaban J connectivity index is 2.63. The van der Waals surface area contributed by atoms with Crippen LogP contribution in [0.4, 0.5) is 0 Å². The lowest BCUT2D eigenvalue weighted by atomic mass is 10.3. The number of halogens is 1. The van der Waals surface area contributed by atoms with Crippen molar-refractivity contribution in [1.82, 2.24) is 0 Å². The van der Waals surface area contributed by atoms with Crippen LogP contribution in [-0.4, -0.2) is 47.0 Å². The monoisotopic (exact) mass is 323 g/mol. The third-order valence-corrected chi connectivity index (χ3v) is 3.68. The van der Waals surface area contributed by atoms with Crippen LogP contribution in [0.3, 0.4) is 0 Å². The van der Waals surface area contributed by atoms with E-state index in [9.17, 15) is 9.59 Å². The Hall–Kier alpha value is -0.560. The van der Waals surface area contributed by atoms with Gasteiger partial charge in [0.2, 0.25) is 11.5 Å². The van der Waals surface area contributed by atoms with Crippen molar-refractivity contribution in [2.45, 2.75) is 19.4 Å². The van der Waals surface area contributed by atoms with E-state index in [4.69, 9.17) is 9.57 Å². The molecular formula is C10H14BrNO4S. The summed E-state index contributed by atoms with van der Waals surface area (Å²) in [5, 5.41) is 3.67. The van der Waals surface area contributed by atoms with Crippen molar-refractivity contribution in [3.63, 3.8) is 0 Å². The molecule has 1 rings (SSSR count). The van der Waals surface area contributed by atoms with Crippen molar-refractivity contribution in [3.8, 4) is 0 Å². The Kier molecular flexibility index (Phi) is 6.57. The first-order valence-corrected chi connectivity index (χ1v) is 7.54. The number of ketones is 1. The Labute approximate surface area is 112 Å². The Morgan fingerprint density at radius 2 is 2.29 bits per heavy atom. The normalized spacial score (nSPS) is 20.1. The zero-order chi connectivity index (χ0) is 12.7. The molecule has 17 heavy (non-hydrogen) atoms. The first-order valence-electron chi connectivity index (χ1n) is 5.26. The number of thioether (sulfide) groups is 1. The molecule has 1 fully saturated rings. The smallest absolute Gasteiger partial charge is 0.364 e. The van der Waals surface area contributed by atoms with Crippen LogP contribution in [0.25, 0.3) is 0 Å². The molecular weight excluding hydrogens is 310 g/mol. The van der Waals surface area contributed by atoms with Crippen molar-refractivity contribution in [2.75, 3.05) is 23.4 Å². The van der Waals surface area contributed by atoms with E-state index < -0.39 is 11.8 Å². The van der Waals surface area contributed by atoms with Crippen LogP contribution in [0.2, 0.25) is 0 Å². The highest BCUT2D eigenvalue weighted by atomic mass is 79.9. The van der Waals surface area contributed by atoms with Gasteiger partial charge in [0.15, 0.2) is 0 Å². The van der Waals surface area contributed by atoms with Gasteiger partial charge in [-0.25, -0.2) is 4.79 Å². The largest absolute Gasteiger partial charge is 0.461 e. The summed E-state index contributed by atoms with van der Waals surface area (Å²) in [6.07, 6.45) is 0.861. The van der Waals surface area contributed by atoms with Crippen LogP contribution in [0.5, 0.6) is 0 Å². The zero-order valence-electron chi connectivity index (χ0n) is 9.48. The molecule has 96 valence electrons. The van der Waals surface area contributed by atoms with Gasteiger partial charge in [0.05, 0.1) is 11.9 Å². The second-order valence-corrected chi connectivity index (χ2v) is 5.02. The summed E-state index contributed by atoms with van der Waals surface area (Å²) < 4.78 is 4.75. The first kappa shape index (κ1) is 14.5. The molecule has 0 aromatic heterocycles. The summed E-state index contributed by atoms with van der Waals surface area (Å²) in [7, 11) is 0. The van der Waals surface area contributed by atoms with Crippen LogP contribution >= 0.6 is 27.7 Å². The van der Waals surface area contributed by atoms with E-state index in [1.165, 1.54) is 0 Å². The van der Waals surface area contributed by atoms with E-state index in [0.29, 0.717) is 0 Å². The van der Waals surface area contributed by atoms with Gasteiger partial charge in [0.25, 0.3) is 0 Å². The highest BCUT2D eigenvalue weighted by Gasteiger charge is 2.23. The van der Waals surface area contributed by atoms with E-state index in [1.807, 2.05) is 0 Å². The fourth-order valence-corrected chi connectivity index (χ4v) is 2.54. The number of nitrogens with zero attached hydrogens (tertiary/aromatic N) is 1. The van der Waals surface area contributed by atoms with E-state index >= 15 is 0 Å². The number of carbonyl (C=O) groups is 2. The van der Waals surface area contributed by atoms with Crippen molar-refractivity contribution < 1.29 is 19.2 Å². The minimum Gasteiger partial charge on any atom is -0.461 e. The summed E-state index contributed by atoms with van der Waals surface area (Å²) in [6, 6.07) is 0. The molecule has 0 aromatic rings. The number of hydrogen-bond acceptors (Lipinski definition) is 6. The molecule has 0 amide bonds. The molecule has 0 aliphatic carbocycles. The standard InChI is InChI=1S/C10H14BrNO4S/c1-2-15-10(14)9(8(13)5-11)12-16-7-3-4-17-6-7/h7H,2-6H2,1H3/b12-9-. The molecule has 1 saturated heterocycles. The molecule has 0 N–H and O–H groups in total. The van der Waals surface area contributed by atoms with Gasteiger partial charge in [-0.05, 0) is 19.1 Å². The van der Waals surface area contributed by atoms with Gasteiger partial charge in [-0.1, -0.05) is 21.1 Å². The molecule has 1 aliphatic heterocycles. The number of alkyl halides is 1. The summed E-state index contributed by atoms with van der Waals surface area (Å²) in [5.41, 5.74) is -0.277. The molecule has 7 heteroatoms. The van der Waals surface area contributed by atoms with Gasteiger partial charge >= 0.3 is 5.97 Å². The fraction of sp³-hybridized carbons (Fsp3) is 0.700. The average molecular weight is 324 g/mol. The lowest BCUT2D eigenvalue weighted by molar-refractivity contribution is -0.136. The maximum absolute atomic E-state index is 11.5. The third kappa shape index (κ3) is 4.67. The summed E-state index contributed by atoms with van der Waals surface area (Å²) in [6.45, 7) is 1.87.